The molecule has 2 aromatic rings. The lowest BCUT2D eigenvalue weighted by atomic mass is 10.00. The third-order valence-electron chi connectivity index (χ3n) is 2.26. The fraction of sp³-hybridized carbons (Fsp3) is 0.273. The lowest BCUT2D eigenvalue weighted by Gasteiger charge is -2.05. The van der Waals surface area contributed by atoms with E-state index in [9.17, 15) is 0 Å². The molecule has 0 amide bonds. The molecule has 0 radical (unpaired) electrons. The summed E-state index contributed by atoms with van der Waals surface area (Å²) in [6.45, 7) is 4.19. The highest BCUT2D eigenvalue weighted by Gasteiger charge is 2.11. The topological polar surface area (TPSA) is 49.8 Å². The highest BCUT2D eigenvalue weighted by Crippen LogP contribution is 2.26. The standard InChI is InChI=1S/C11H10N2O/c1-7(2)9-4-3-8(5-12)11-10(9)13-6-14-11/h3-4,6-7H,1-2H3. The second-order valence-electron chi connectivity index (χ2n) is 3.50. The van der Waals surface area contributed by atoms with Crippen LogP contribution < -0.4 is 0 Å². The van der Waals surface area contributed by atoms with Gasteiger partial charge in [0, 0.05) is 0 Å². The van der Waals surface area contributed by atoms with Crippen molar-refractivity contribution in [2.75, 3.05) is 0 Å². The number of fused-ring (bicyclic) bond motifs is 1. The van der Waals surface area contributed by atoms with Gasteiger partial charge in [0.05, 0.1) is 5.56 Å². The molecule has 0 atom stereocenters. The van der Waals surface area contributed by atoms with Crippen LogP contribution in [0.25, 0.3) is 11.1 Å². The van der Waals surface area contributed by atoms with Crippen LogP contribution in [-0.2, 0) is 0 Å². The van der Waals surface area contributed by atoms with E-state index in [4.69, 9.17) is 9.68 Å². The Morgan fingerprint density at radius 2 is 2.21 bits per heavy atom. The number of benzene rings is 1. The van der Waals surface area contributed by atoms with E-state index in [1.54, 1.807) is 6.07 Å². The minimum absolute atomic E-state index is 0.385. The molecule has 0 fully saturated rings. The summed E-state index contributed by atoms with van der Waals surface area (Å²) >= 11 is 0. The number of hydrogen-bond acceptors (Lipinski definition) is 3. The summed E-state index contributed by atoms with van der Waals surface area (Å²) in [5, 5.41) is 8.85. The van der Waals surface area contributed by atoms with Gasteiger partial charge in [-0.25, -0.2) is 4.98 Å². The van der Waals surface area contributed by atoms with Crippen LogP contribution in [0.4, 0.5) is 0 Å². The Labute approximate surface area is 82.0 Å². The molecule has 3 nitrogen and oxygen atoms in total. The molecule has 0 bridgehead atoms. The highest BCUT2D eigenvalue weighted by atomic mass is 16.3. The molecule has 2 rings (SSSR count). The van der Waals surface area contributed by atoms with Crippen LogP contribution in [0.3, 0.4) is 0 Å². The van der Waals surface area contributed by atoms with Gasteiger partial charge in [-0.15, -0.1) is 0 Å². The number of rotatable bonds is 1. The predicted octanol–water partition coefficient (Wildman–Crippen LogP) is 2.82. The predicted molar refractivity (Wildman–Crippen MR) is 52.8 cm³/mol. The molecule has 0 saturated heterocycles. The Kier molecular flexibility index (Phi) is 1.97. The van der Waals surface area contributed by atoms with Gasteiger partial charge in [-0.1, -0.05) is 19.9 Å². The Morgan fingerprint density at radius 1 is 1.43 bits per heavy atom. The maximum Gasteiger partial charge on any atom is 0.182 e. The zero-order chi connectivity index (χ0) is 10.1. The van der Waals surface area contributed by atoms with Crippen LogP contribution in [0, 0.1) is 11.3 Å². The van der Waals surface area contributed by atoms with Crippen molar-refractivity contribution >= 4 is 11.1 Å². The van der Waals surface area contributed by atoms with Gasteiger partial charge in [-0.3, -0.25) is 0 Å². The van der Waals surface area contributed by atoms with Crippen LogP contribution >= 0.6 is 0 Å². The minimum Gasteiger partial charge on any atom is -0.442 e. The minimum atomic E-state index is 0.385. The second kappa shape index (κ2) is 3.15. The normalized spacial score (nSPS) is 10.7. The number of aromatic nitrogens is 1. The van der Waals surface area contributed by atoms with Crippen molar-refractivity contribution in [3.63, 3.8) is 0 Å². The number of nitriles is 1. The molecule has 0 unspecified atom stereocenters. The summed E-state index contributed by atoms with van der Waals surface area (Å²) in [6, 6.07) is 5.81. The van der Waals surface area contributed by atoms with E-state index >= 15 is 0 Å². The lowest BCUT2D eigenvalue weighted by molar-refractivity contribution is 0.601. The first-order valence-electron chi connectivity index (χ1n) is 4.50. The SMILES string of the molecule is CC(C)c1ccc(C#N)c2ocnc12. The number of nitrogens with zero attached hydrogens (tertiary/aromatic N) is 2. The van der Waals surface area contributed by atoms with Crippen LogP contribution in [0.1, 0.15) is 30.9 Å². The quantitative estimate of drug-likeness (QED) is 0.688. The van der Waals surface area contributed by atoms with Crippen molar-refractivity contribution in [2.45, 2.75) is 19.8 Å². The van der Waals surface area contributed by atoms with Gasteiger partial charge in [0.1, 0.15) is 11.6 Å². The molecular weight excluding hydrogens is 176 g/mol. The number of oxazole rings is 1. The average Bonchev–Trinajstić information content (AvgIpc) is 2.64. The molecule has 1 aromatic heterocycles. The summed E-state index contributed by atoms with van der Waals surface area (Å²) in [4.78, 5) is 4.13. The van der Waals surface area contributed by atoms with Crippen molar-refractivity contribution in [1.82, 2.24) is 4.98 Å². The van der Waals surface area contributed by atoms with Crippen LogP contribution in [0.15, 0.2) is 22.9 Å². The highest BCUT2D eigenvalue weighted by molar-refractivity contribution is 5.82. The summed E-state index contributed by atoms with van der Waals surface area (Å²) in [6.07, 6.45) is 1.39. The molecule has 70 valence electrons. The van der Waals surface area contributed by atoms with Gasteiger partial charge in [0.2, 0.25) is 0 Å². The Balaban J connectivity index is 2.80. The molecule has 14 heavy (non-hydrogen) atoms. The van der Waals surface area contributed by atoms with E-state index in [0.29, 0.717) is 17.1 Å². The molecule has 0 aliphatic carbocycles. The summed E-state index contributed by atoms with van der Waals surface area (Å²) < 4.78 is 5.20. The fourth-order valence-electron chi connectivity index (χ4n) is 1.52. The van der Waals surface area contributed by atoms with Crippen LogP contribution in [0.2, 0.25) is 0 Å². The Hall–Kier alpha value is -1.82. The monoisotopic (exact) mass is 186 g/mol. The average molecular weight is 186 g/mol. The first kappa shape index (κ1) is 8.76. The van der Waals surface area contributed by atoms with Gasteiger partial charge in [0.15, 0.2) is 12.0 Å². The van der Waals surface area contributed by atoms with E-state index in [1.165, 1.54) is 6.39 Å². The molecule has 1 aromatic carbocycles. The van der Waals surface area contributed by atoms with E-state index < -0.39 is 0 Å². The molecular formula is C11H10N2O. The Morgan fingerprint density at radius 3 is 2.86 bits per heavy atom. The van der Waals surface area contributed by atoms with Crippen molar-refractivity contribution in [2.24, 2.45) is 0 Å². The number of hydrogen-bond donors (Lipinski definition) is 0. The molecule has 0 spiro atoms. The van der Waals surface area contributed by atoms with E-state index in [0.717, 1.165) is 11.1 Å². The first-order valence-corrected chi connectivity index (χ1v) is 4.50. The third-order valence-corrected chi connectivity index (χ3v) is 2.26. The third kappa shape index (κ3) is 1.16. The van der Waals surface area contributed by atoms with Gasteiger partial charge >= 0.3 is 0 Å². The van der Waals surface area contributed by atoms with Crippen molar-refractivity contribution in [1.29, 1.82) is 5.26 Å². The first-order chi connectivity index (χ1) is 6.74. The zero-order valence-corrected chi connectivity index (χ0v) is 8.11. The maximum atomic E-state index is 8.85. The lowest BCUT2D eigenvalue weighted by Crippen LogP contribution is -1.90. The summed E-state index contributed by atoms with van der Waals surface area (Å²) in [7, 11) is 0. The molecule has 0 aliphatic rings. The molecule has 0 N–H and O–H groups in total. The van der Waals surface area contributed by atoms with Crippen molar-refractivity contribution in [3.8, 4) is 6.07 Å². The van der Waals surface area contributed by atoms with Crippen LogP contribution in [0.5, 0.6) is 0 Å². The molecule has 1 heterocycles. The summed E-state index contributed by atoms with van der Waals surface area (Å²) in [5.74, 6) is 0.385. The van der Waals surface area contributed by atoms with E-state index in [2.05, 4.69) is 24.9 Å². The molecule has 0 saturated carbocycles. The molecule has 3 heteroatoms. The van der Waals surface area contributed by atoms with Gasteiger partial charge in [0.25, 0.3) is 0 Å². The largest absolute Gasteiger partial charge is 0.442 e. The van der Waals surface area contributed by atoms with Crippen LogP contribution in [-0.4, -0.2) is 4.98 Å². The second-order valence-corrected chi connectivity index (χ2v) is 3.50. The maximum absolute atomic E-state index is 8.85. The zero-order valence-electron chi connectivity index (χ0n) is 8.11. The van der Waals surface area contributed by atoms with Crippen molar-refractivity contribution in [3.05, 3.63) is 29.7 Å². The smallest absolute Gasteiger partial charge is 0.182 e. The van der Waals surface area contributed by atoms with Gasteiger partial charge in [-0.05, 0) is 17.5 Å². The Bertz CT molecular complexity index is 505. The van der Waals surface area contributed by atoms with E-state index in [-0.39, 0.29) is 0 Å². The van der Waals surface area contributed by atoms with Crippen molar-refractivity contribution < 1.29 is 4.42 Å². The summed E-state index contributed by atoms with van der Waals surface area (Å²) in [5.41, 5.74) is 3.06. The van der Waals surface area contributed by atoms with Gasteiger partial charge in [-0.2, -0.15) is 5.26 Å². The molecule has 0 aliphatic heterocycles. The fourth-order valence-corrected chi connectivity index (χ4v) is 1.52. The van der Waals surface area contributed by atoms with Gasteiger partial charge < -0.3 is 4.42 Å². The van der Waals surface area contributed by atoms with E-state index in [1.807, 2.05) is 6.07 Å².